The van der Waals surface area contributed by atoms with Gasteiger partial charge in [-0.15, -0.1) is 0 Å². The van der Waals surface area contributed by atoms with Gasteiger partial charge >= 0.3 is 0 Å². The lowest BCUT2D eigenvalue weighted by molar-refractivity contribution is 0.0299. The van der Waals surface area contributed by atoms with E-state index in [4.69, 9.17) is 5.73 Å². The fourth-order valence-electron chi connectivity index (χ4n) is 2.89. The molecule has 0 saturated carbocycles. The molecule has 0 radical (unpaired) electrons. The predicted molar refractivity (Wildman–Crippen MR) is 75.9 cm³/mol. The maximum atomic E-state index is 13.9. The van der Waals surface area contributed by atoms with Gasteiger partial charge in [0.2, 0.25) is 0 Å². The molecule has 1 aliphatic rings. The monoisotopic (exact) mass is 283 g/mol. The highest BCUT2D eigenvalue weighted by molar-refractivity contribution is 5.22. The highest BCUT2D eigenvalue weighted by Crippen LogP contribution is 2.24. The zero-order valence-electron chi connectivity index (χ0n) is 12.1. The van der Waals surface area contributed by atoms with Crippen LogP contribution in [0.3, 0.4) is 0 Å². The fourth-order valence-corrected chi connectivity index (χ4v) is 2.89. The first-order valence-electron chi connectivity index (χ1n) is 7.22. The normalized spacial score (nSPS) is 25.6. The Morgan fingerprint density at radius 1 is 1.30 bits per heavy atom. The number of piperidine rings is 1. The summed E-state index contributed by atoms with van der Waals surface area (Å²) in [5, 5.41) is 2.16. The Morgan fingerprint density at radius 2 is 1.95 bits per heavy atom. The largest absolute Gasteiger partial charge is 0.329 e. The highest BCUT2D eigenvalue weighted by atomic mass is 19.1. The Labute approximate surface area is 119 Å². The van der Waals surface area contributed by atoms with Gasteiger partial charge in [-0.05, 0) is 32.8 Å². The lowest BCUT2D eigenvalue weighted by Crippen LogP contribution is -2.54. The van der Waals surface area contributed by atoms with Crippen molar-refractivity contribution in [2.75, 3.05) is 6.54 Å². The Bertz CT molecular complexity index is 443. The molecule has 1 fully saturated rings. The molecule has 0 bridgehead atoms. The van der Waals surface area contributed by atoms with E-state index < -0.39 is 11.6 Å². The number of rotatable bonds is 4. The lowest BCUT2D eigenvalue weighted by atomic mass is 9.99. The number of nitrogens with one attached hydrogen (secondary N) is 1. The third-order valence-corrected chi connectivity index (χ3v) is 4.07. The standard InChI is InChI=1S/C15H23F2N3/c1-10-4-3-5-11(2)20(10)19-15(9-18)13-7-6-12(16)8-14(13)17/h6-8,10-11,15,19H,3-5,9,18H2,1-2H3. The topological polar surface area (TPSA) is 41.3 Å². The van der Waals surface area contributed by atoms with E-state index in [1.165, 1.54) is 18.6 Å². The minimum atomic E-state index is -0.568. The molecule has 3 N–H and O–H groups in total. The number of halogens is 2. The second kappa shape index (κ2) is 6.61. The average Bonchev–Trinajstić information content (AvgIpc) is 2.40. The van der Waals surface area contributed by atoms with Crippen molar-refractivity contribution < 1.29 is 8.78 Å². The maximum Gasteiger partial charge on any atom is 0.130 e. The Balaban J connectivity index is 2.15. The van der Waals surface area contributed by atoms with Crippen LogP contribution in [0.15, 0.2) is 18.2 Å². The molecule has 5 heteroatoms. The number of nitrogens with two attached hydrogens (primary N) is 1. The van der Waals surface area contributed by atoms with E-state index in [1.807, 2.05) is 0 Å². The Hall–Kier alpha value is -1.04. The van der Waals surface area contributed by atoms with E-state index in [-0.39, 0.29) is 12.6 Å². The van der Waals surface area contributed by atoms with Crippen molar-refractivity contribution >= 4 is 0 Å². The van der Waals surface area contributed by atoms with Crippen molar-refractivity contribution in [3.05, 3.63) is 35.4 Å². The summed E-state index contributed by atoms with van der Waals surface area (Å²) in [6.45, 7) is 4.56. The molecule has 2 rings (SSSR count). The van der Waals surface area contributed by atoms with Crippen molar-refractivity contribution in [3.8, 4) is 0 Å². The van der Waals surface area contributed by atoms with Crippen molar-refractivity contribution in [2.45, 2.75) is 51.2 Å². The molecule has 1 saturated heterocycles. The van der Waals surface area contributed by atoms with Gasteiger partial charge in [-0.3, -0.25) is 0 Å². The van der Waals surface area contributed by atoms with Gasteiger partial charge in [-0.25, -0.2) is 19.2 Å². The van der Waals surface area contributed by atoms with Gasteiger partial charge < -0.3 is 5.73 Å². The van der Waals surface area contributed by atoms with E-state index in [1.54, 1.807) is 0 Å². The highest BCUT2D eigenvalue weighted by Gasteiger charge is 2.27. The molecule has 1 aromatic carbocycles. The Kier molecular flexibility index (Phi) is 5.07. The van der Waals surface area contributed by atoms with Gasteiger partial charge in [0.25, 0.3) is 0 Å². The van der Waals surface area contributed by atoms with E-state index in [9.17, 15) is 8.78 Å². The number of hydrogen-bond donors (Lipinski definition) is 2. The summed E-state index contributed by atoms with van der Waals surface area (Å²) in [6.07, 6.45) is 3.43. The number of nitrogens with zero attached hydrogens (tertiary/aromatic N) is 1. The zero-order chi connectivity index (χ0) is 14.7. The van der Waals surface area contributed by atoms with Crippen LogP contribution < -0.4 is 11.2 Å². The van der Waals surface area contributed by atoms with Gasteiger partial charge in [-0.2, -0.15) is 0 Å². The van der Waals surface area contributed by atoms with E-state index >= 15 is 0 Å². The van der Waals surface area contributed by atoms with Gasteiger partial charge in [0.1, 0.15) is 11.6 Å². The van der Waals surface area contributed by atoms with Crippen LogP contribution in [0.5, 0.6) is 0 Å². The van der Waals surface area contributed by atoms with Crippen LogP contribution in [0.2, 0.25) is 0 Å². The molecule has 1 aromatic rings. The summed E-state index contributed by atoms with van der Waals surface area (Å²) >= 11 is 0. The molecular formula is C15H23F2N3. The fraction of sp³-hybridized carbons (Fsp3) is 0.600. The van der Waals surface area contributed by atoms with Crippen LogP contribution in [0.4, 0.5) is 8.78 Å². The van der Waals surface area contributed by atoms with Crippen molar-refractivity contribution in [3.63, 3.8) is 0 Å². The van der Waals surface area contributed by atoms with Gasteiger partial charge in [0.05, 0.1) is 6.04 Å². The molecule has 0 aliphatic carbocycles. The minimum absolute atomic E-state index is 0.262. The zero-order valence-corrected chi connectivity index (χ0v) is 12.1. The molecule has 1 heterocycles. The van der Waals surface area contributed by atoms with Gasteiger partial charge in [0, 0.05) is 30.3 Å². The summed E-state index contributed by atoms with van der Waals surface area (Å²) in [7, 11) is 0. The molecule has 3 unspecified atom stereocenters. The van der Waals surface area contributed by atoms with Crippen molar-refractivity contribution in [2.24, 2.45) is 5.73 Å². The van der Waals surface area contributed by atoms with Crippen LogP contribution in [0, 0.1) is 11.6 Å². The second-order valence-corrected chi connectivity index (χ2v) is 5.62. The molecule has 20 heavy (non-hydrogen) atoms. The van der Waals surface area contributed by atoms with Crippen LogP contribution in [0.25, 0.3) is 0 Å². The molecule has 3 nitrogen and oxygen atoms in total. The third-order valence-electron chi connectivity index (χ3n) is 4.07. The maximum absolute atomic E-state index is 13.9. The second-order valence-electron chi connectivity index (χ2n) is 5.62. The smallest absolute Gasteiger partial charge is 0.130 e. The molecule has 112 valence electrons. The van der Waals surface area contributed by atoms with E-state index in [2.05, 4.69) is 24.3 Å². The van der Waals surface area contributed by atoms with Crippen LogP contribution in [-0.4, -0.2) is 23.6 Å². The van der Waals surface area contributed by atoms with Crippen LogP contribution >= 0.6 is 0 Å². The summed E-state index contributed by atoms with van der Waals surface area (Å²) in [5.41, 5.74) is 9.51. The van der Waals surface area contributed by atoms with E-state index in [0.717, 1.165) is 18.9 Å². The number of hydrogen-bond acceptors (Lipinski definition) is 3. The first kappa shape index (κ1) is 15.4. The third kappa shape index (κ3) is 3.34. The molecule has 0 spiro atoms. The lowest BCUT2D eigenvalue weighted by Gasteiger charge is -2.41. The minimum Gasteiger partial charge on any atom is -0.329 e. The van der Waals surface area contributed by atoms with Gasteiger partial charge in [0.15, 0.2) is 0 Å². The summed E-state index contributed by atoms with van der Waals surface area (Å²) in [6, 6.07) is 4.08. The van der Waals surface area contributed by atoms with Crippen LogP contribution in [0.1, 0.15) is 44.7 Å². The Morgan fingerprint density at radius 3 is 2.50 bits per heavy atom. The molecule has 0 aromatic heterocycles. The van der Waals surface area contributed by atoms with E-state index in [0.29, 0.717) is 17.6 Å². The quantitative estimate of drug-likeness (QED) is 0.892. The number of hydrazine groups is 1. The SMILES string of the molecule is CC1CCCC(C)N1NC(CN)c1ccc(F)cc1F. The van der Waals surface area contributed by atoms with Gasteiger partial charge in [-0.1, -0.05) is 12.5 Å². The predicted octanol–water partition coefficient (Wildman–Crippen LogP) is 2.73. The number of benzene rings is 1. The summed E-state index contributed by atoms with van der Waals surface area (Å²) in [5.74, 6) is -1.12. The summed E-state index contributed by atoms with van der Waals surface area (Å²) < 4.78 is 26.9. The first-order valence-corrected chi connectivity index (χ1v) is 7.22. The van der Waals surface area contributed by atoms with Crippen molar-refractivity contribution in [1.82, 2.24) is 10.4 Å². The molecule has 3 atom stereocenters. The molecule has 1 aliphatic heterocycles. The summed E-state index contributed by atoms with van der Waals surface area (Å²) in [4.78, 5) is 0. The molecular weight excluding hydrogens is 260 g/mol. The first-order chi connectivity index (χ1) is 9.52. The molecule has 0 amide bonds. The van der Waals surface area contributed by atoms with Crippen LogP contribution in [-0.2, 0) is 0 Å². The van der Waals surface area contributed by atoms with Crippen molar-refractivity contribution in [1.29, 1.82) is 0 Å². The average molecular weight is 283 g/mol.